The number of benzene rings is 2. The molecule has 0 unspecified atom stereocenters. The van der Waals surface area contributed by atoms with E-state index in [1.165, 1.54) is 11.3 Å². The van der Waals surface area contributed by atoms with Crippen LogP contribution in [0, 0.1) is 18.8 Å². The van der Waals surface area contributed by atoms with Crippen molar-refractivity contribution in [3.05, 3.63) is 69.6 Å². The van der Waals surface area contributed by atoms with Crippen LogP contribution < -0.4 is 4.90 Å². The third-order valence-electron chi connectivity index (χ3n) is 4.27. The maximum Gasteiger partial charge on any atom is 0.232 e. The molecule has 0 aliphatic carbocycles. The van der Waals surface area contributed by atoms with Crippen LogP contribution >= 0.6 is 11.3 Å². The number of nitroso groups, excluding NO2 is 1. The van der Waals surface area contributed by atoms with Gasteiger partial charge in [0.2, 0.25) is 5.91 Å². The lowest BCUT2D eigenvalue weighted by Gasteiger charge is -2.14. The first kappa shape index (κ1) is 17.9. The monoisotopic (exact) mass is 365 g/mol. The zero-order valence-electron chi connectivity index (χ0n) is 14.9. The molecule has 1 heterocycles. The predicted octanol–water partition coefficient (Wildman–Crippen LogP) is 5.03. The van der Waals surface area contributed by atoms with E-state index < -0.39 is 0 Å². The maximum atomic E-state index is 12.5. The van der Waals surface area contributed by atoms with E-state index >= 15 is 0 Å². The summed E-state index contributed by atoms with van der Waals surface area (Å²) in [5, 5.41) is 3.69. The van der Waals surface area contributed by atoms with Crippen molar-refractivity contribution in [2.75, 3.05) is 11.9 Å². The lowest BCUT2D eigenvalue weighted by Crippen LogP contribution is -2.27. The van der Waals surface area contributed by atoms with Crippen LogP contribution in [0.5, 0.6) is 0 Å². The minimum absolute atomic E-state index is 0.00125. The van der Waals surface area contributed by atoms with Gasteiger partial charge in [-0.3, -0.25) is 9.69 Å². The smallest absolute Gasteiger partial charge is 0.232 e. The number of anilines is 1. The van der Waals surface area contributed by atoms with Crippen LogP contribution in [-0.4, -0.2) is 17.9 Å². The maximum absolute atomic E-state index is 12.5. The van der Waals surface area contributed by atoms with Crippen LogP contribution in [0.15, 0.2) is 53.7 Å². The summed E-state index contributed by atoms with van der Waals surface area (Å²) in [6.45, 7) is 3.95. The fourth-order valence-corrected chi connectivity index (χ4v) is 3.44. The molecule has 0 fully saturated rings. The lowest BCUT2D eigenvalue weighted by atomic mass is 10.0. The molecular formula is C20H19N3O2S. The SMILES string of the molecule is Cc1nc(N(C)C(=O)Cc2ccc(-c3cccc(N=O)c3)cc2)sc1C. The molecule has 1 aromatic heterocycles. The standard InChI is InChI=1S/C20H19N3O2S/c1-13-14(2)26-20(21-13)23(3)19(24)11-15-7-9-16(10-8-15)17-5-4-6-18(12-17)22-25/h4-10,12H,11H2,1-3H3. The number of aromatic nitrogens is 1. The molecule has 0 aliphatic heterocycles. The Hall–Kier alpha value is -2.86. The van der Waals surface area contributed by atoms with E-state index in [0.29, 0.717) is 12.1 Å². The van der Waals surface area contributed by atoms with Crippen LogP contribution in [0.25, 0.3) is 11.1 Å². The Kier molecular flexibility index (Phi) is 5.23. The number of nitrogens with zero attached hydrogens (tertiary/aromatic N) is 3. The van der Waals surface area contributed by atoms with Gasteiger partial charge in [0.05, 0.1) is 12.1 Å². The van der Waals surface area contributed by atoms with Gasteiger partial charge in [0.25, 0.3) is 0 Å². The van der Waals surface area contributed by atoms with Gasteiger partial charge in [-0.2, -0.15) is 0 Å². The Bertz CT molecular complexity index is 928. The molecule has 1 amide bonds. The minimum Gasteiger partial charge on any atom is -0.291 e. The first-order chi connectivity index (χ1) is 12.5. The van der Waals surface area contributed by atoms with Crippen LogP contribution in [0.1, 0.15) is 16.1 Å². The first-order valence-electron chi connectivity index (χ1n) is 8.21. The molecule has 0 saturated heterocycles. The van der Waals surface area contributed by atoms with Gasteiger partial charge in [-0.15, -0.1) is 16.2 Å². The van der Waals surface area contributed by atoms with Gasteiger partial charge >= 0.3 is 0 Å². The van der Waals surface area contributed by atoms with Crippen molar-refractivity contribution in [3.8, 4) is 11.1 Å². The molecule has 0 bridgehead atoms. The highest BCUT2D eigenvalue weighted by molar-refractivity contribution is 7.15. The van der Waals surface area contributed by atoms with Gasteiger partial charge < -0.3 is 0 Å². The second-order valence-electron chi connectivity index (χ2n) is 6.11. The van der Waals surface area contributed by atoms with E-state index in [-0.39, 0.29) is 5.91 Å². The summed E-state index contributed by atoms with van der Waals surface area (Å²) in [5.74, 6) is -0.00125. The quantitative estimate of drug-likeness (QED) is 0.596. The summed E-state index contributed by atoms with van der Waals surface area (Å²) in [6, 6.07) is 14.9. The zero-order chi connectivity index (χ0) is 18.7. The Labute approximate surface area is 156 Å². The average molecular weight is 365 g/mol. The van der Waals surface area contributed by atoms with Gasteiger partial charge in [-0.25, -0.2) is 4.98 Å². The number of amides is 1. The molecule has 3 rings (SSSR count). The summed E-state index contributed by atoms with van der Waals surface area (Å²) in [4.78, 5) is 30.4. The van der Waals surface area contributed by atoms with Gasteiger partial charge in [0.15, 0.2) is 5.13 Å². The summed E-state index contributed by atoms with van der Waals surface area (Å²) < 4.78 is 0. The minimum atomic E-state index is -0.00125. The number of carbonyl (C=O) groups is 1. The average Bonchev–Trinajstić information content (AvgIpc) is 3.00. The molecule has 2 aromatic carbocycles. The topological polar surface area (TPSA) is 62.6 Å². The van der Waals surface area contributed by atoms with Crippen molar-refractivity contribution in [2.24, 2.45) is 5.18 Å². The van der Waals surface area contributed by atoms with E-state index in [0.717, 1.165) is 32.4 Å². The Morgan fingerprint density at radius 1 is 1.12 bits per heavy atom. The molecule has 0 radical (unpaired) electrons. The number of hydrogen-bond donors (Lipinski definition) is 0. The number of rotatable bonds is 5. The van der Waals surface area contributed by atoms with Gasteiger partial charge in [-0.1, -0.05) is 36.4 Å². The number of carbonyl (C=O) groups excluding carboxylic acids is 1. The Morgan fingerprint density at radius 3 is 2.46 bits per heavy atom. The van der Waals surface area contributed by atoms with E-state index in [4.69, 9.17) is 0 Å². The normalized spacial score (nSPS) is 10.6. The molecule has 6 heteroatoms. The largest absolute Gasteiger partial charge is 0.291 e. The molecule has 0 N–H and O–H groups in total. The summed E-state index contributed by atoms with van der Waals surface area (Å²) >= 11 is 1.52. The van der Waals surface area contributed by atoms with Crippen LogP contribution in [0.4, 0.5) is 10.8 Å². The Morgan fingerprint density at radius 2 is 1.85 bits per heavy atom. The summed E-state index contributed by atoms with van der Waals surface area (Å²) in [6.07, 6.45) is 0.310. The molecule has 26 heavy (non-hydrogen) atoms. The van der Waals surface area contributed by atoms with Crippen molar-refractivity contribution >= 4 is 28.1 Å². The van der Waals surface area contributed by atoms with Crippen molar-refractivity contribution in [1.29, 1.82) is 0 Å². The second kappa shape index (κ2) is 7.58. The molecule has 0 atom stereocenters. The van der Waals surface area contributed by atoms with Gasteiger partial charge in [0, 0.05) is 11.9 Å². The highest BCUT2D eigenvalue weighted by Gasteiger charge is 2.16. The molecule has 0 saturated carbocycles. The highest BCUT2D eigenvalue weighted by atomic mass is 32.1. The molecule has 132 valence electrons. The van der Waals surface area contributed by atoms with Crippen molar-refractivity contribution < 1.29 is 4.79 Å². The number of thiazole rings is 1. The van der Waals surface area contributed by atoms with E-state index in [1.54, 1.807) is 30.1 Å². The summed E-state index contributed by atoms with van der Waals surface area (Å²) in [7, 11) is 1.76. The third-order valence-corrected chi connectivity index (χ3v) is 5.42. The Balaban J connectivity index is 1.72. The number of likely N-dealkylation sites (N-methyl/N-ethyl adjacent to an activating group) is 1. The molecular weight excluding hydrogens is 346 g/mol. The van der Waals surface area contributed by atoms with E-state index in [1.807, 2.05) is 44.2 Å². The third kappa shape index (κ3) is 3.86. The van der Waals surface area contributed by atoms with Crippen LogP contribution in [0.2, 0.25) is 0 Å². The highest BCUT2D eigenvalue weighted by Crippen LogP contribution is 2.26. The van der Waals surface area contributed by atoms with E-state index in [2.05, 4.69) is 10.2 Å². The number of hydrogen-bond acceptors (Lipinski definition) is 5. The first-order valence-corrected chi connectivity index (χ1v) is 9.03. The van der Waals surface area contributed by atoms with Crippen molar-refractivity contribution in [1.82, 2.24) is 4.98 Å². The molecule has 3 aromatic rings. The van der Waals surface area contributed by atoms with Crippen LogP contribution in [0.3, 0.4) is 0 Å². The fourth-order valence-electron chi connectivity index (χ4n) is 2.56. The summed E-state index contributed by atoms with van der Waals surface area (Å²) in [5.41, 5.74) is 4.19. The fraction of sp³-hybridized carbons (Fsp3) is 0.200. The van der Waals surface area contributed by atoms with Crippen LogP contribution in [-0.2, 0) is 11.2 Å². The zero-order valence-corrected chi connectivity index (χ0v) is 15.7. The van der Waals surface area contributed by atoms with Gasteiger partial charge in [-0.05, 0) is 47.8 Å². The van der Waals surface area contributed by atoms with Crippen molar-refractivity contribution in [2.45, 2.75) is 20.3 Å². The van der Waals surface area contributed by atoms with Gasteiger partial charge in [0.1, 0.15) is 5.69 Å². The lowest BCUT2D eigenvalue weighted by molar-refractivity contribution is -0.117. The van der Waals surface area contributed by atoms with Crippen molar-refractivity contribution in [3.63, 3.8) is 0 Å². The van der Waals surface area contributed by atoms with E-state index in [9.17, 15) is 9.70 Å². The molecule has 5 nitrogen and oxygen atoms in total. The molecule has 0 spiro atoms. The second-order valence-corrected chi connectivity index (χ2v) is 7.29. The molecule has 0 aliphatic rings. The number of aryl methyl sites for hydroxylation is 2. The predicted molar refractivity (Wildman–Crippen MR) is 106 cm³/mol.